The van der Waals surface area contributed by atoms with Gasteiger partial charge >= 0.3 is 5.69 Å². The Kier molecular flexibility index (Phi) is 6.55. The average Bonchev–Trinajstić information content (AvgIpc) is 3.53. The molecule has 0 atom stereocenters. The van der Waals surface area contributed by atoms with E-state index in [1.54, 1.807) is 27.8 Å². The first-order valence-corrected chi connectivity index (χ1v) is 12.0. The molecule has 1 amide bonds. The lowest BCUT2D eigenvalue weighted by molar-refractivity contribution is -0.116. The van der Waals surface area contributed by atoms with E-state index in [0.717, 1.165) is 15.7 Å². The third kappa shape index (κ3) is 4.86. The second-order valence-electron chi connectivity index (χ2n) is 9.08. The zero-order valence-electron chi connectivity index (χ0n) is 20.6. The zero-order valence-corrected chi connectivity index (χ0v) is 20.6. The van der Waals surface area contributed by atoms with E-state index < -0.39 is 23.7 Å². The molecule has 5 rings (SSSR count). The van der Waals surface area contributed by atoms with Crippen LogP contribution in [0.4, 0.5) is 5.82 Å². The number of fused-ring (bicyclic) bond motifs is 1. The van der Waals surface area contributed by atoms with E-state index in [2.05, 4.69) is 15.4 Å². The molecule has 0 saturated carbocycles. The van der Waals surface area contributed by atoms with Crippen molar-refractivity contribution in [2.75, 3.05) is 5.32 Å². The first kappa shape index (κ1) is 24.0. The molecule has 0 aliphatic rings. The summed E-state index contributed by atoms with van der Waals surface area (Å²) in [6, 6.07) is 20.8. The van der Waals surface area contributed by atoms with Crippen molar-refractivity contribution in [1.29, 1.82) is 0 Å². The zero-order chi connectivity index (χ0) is 25.9. The van der Waals surface area contributed by atoms with Crippen LogP contribution < -0.4 is 16.6 Å². The summed E-state index contributed by atoms with van der Waals surface area (Å²) in [6.45, 7) is 4.05. The molecule has 0 unspecified atom stereocenters. The number of benzene rings is 2. The highest BCUT2D eigenvalue weighted by atomic mass is 16.2. The Hall–Kier alpha value is -4.73. The predicted octanol–water partition coefficient (Wildman–Crippen LogP) is 2.87. The van der Waals surface area contributed by atoms with Crippen LogP contribution in [-0.2, 0) is 24.4 Å². The van der Waals surface area contributed by atoms with Crippen molar-refractivity contribution in [3.05, 3.63) is 111 Å². The van der Waals surface area contributed by atoms with Gasteiger partial charge < -0.3 is 9.88 Å². The smallest absolute Gasteiger partial charge is 0.320 e. The van der Waals surface area contributed by atoms with Gasteiger partial charge in [-0.25, -0.2) is 19.0 Å². The molecular formula is C27H27N7O3. The van der Waals surface area contributed by atoms with E-state index in [0.29, 0.717) is 12.4 Å². The highest BCUT2D eigenvalue weighted by Gasteiger charge is 2.21. The highest BCUT2D eigenvalue weighted by Crippen LogP contribution is 2.14. The van der Waals surface area contributed by atoms with E-state index in [1.165, 1.54) is 4.57 Å². The number of hydrogen-bond acceptors (Lipinski definition) is 5. The summed E-state index contributed by atoms with van der Waals surface area (Å²) in [5, 5.41) is 6.98. The summed E-state index contributed by atoms with van der Waals surface area (Å²) >= 11 is 0. The second-order valence-corrected chi connectivity index (χ2v) is 9.08. The molecule has 0 aliphatic carbocycles. The summed E-state index contributed by atoms with van der Waals surface area (Å²) in [4.78, 5) is 44.6. The maximum Gasteiger partial charge on any atom is 0.333 e. The monoisotopic (exact) mass is 497 g/mol. The lowest BCUT2D eigenvalue weighted by Crippen LogP contribution is -2.43. The van der Waals surface area contributed by atoms with Crippen molar-refractivity contribution >= 4 is 22.9 Å². The van der Waals surface area contributed by atoms with Gasteiger partial charge in [-0.2, -0.15) is 5.10 Å². The molecule has 2 aromatic carbocycles. The van der Waals surface area contributed by atoms with Crippen LogP contribution in [0, 0.1) is 0 Å². The van der Waals surface area contributed by atoms with Gasteiger partial charge in [-0.15, -0.1) is 0 Å². The first-order chi connectivity index (χ1) is 17.9. The Bertz CT molecular complexity index is 1660. The fraction of sp³-hybridized carbons (Fsp3) is 0.222. The summed E-state index contributed by atoms with van der Waals surface area (Å²) in [6.07, 6.45) is 3.15. The van der Waals surface area contributed by atoms with Gasteiger partial charge in [-0.05, 0) is 25.0 Å². The van der Waals surface area contributed by atoms with Gasteiger partial charge in [0.2, 0.25) is 5.91 Å². The standard InChI is InChI=1S/C27H27N7O3/c1-19(2)34-22(13-14-29-34)30-23(35)17-33-26(36)24-25(28-18-31(24)15-20-9-5-3-6-10-20)32(27(33)37)16-21-11-7-4-8-12-21/h3-14,18-19H,15-17H2,1-2H3,(H,30,35). The summed E-state index contributed by atoms with van der Waals surface area (Å²) in [5.41, 5.74) is 1.24. The molecule has 0 saturated heterocycles. The minimum absolute atomic E-state index is 0.0276. The topological polar surface area (TPSA) is 109 Å². The molecule has 0 aliphatic heterocycles. The maximum absolute atomic E-state index is 13.6. The number of rotatable bonds is 8. The maximum atomic E-state index is 13.6. The van der Waals surface area contributed by atoms with E-state index in [4.69, 9.17) is 0 Å². The lowest BCUT2D eigenvalue weighted by Gasteiger charge is -2.14. The van der Waals surface area contributed by atoms with E-state index in [-0.39, 0.29) is 23.8 Å². The molecule has 10 heteroatoms. The third-order valence-corrected chi connectivity index (χ3v) is 6.09. The molecule has 188 valence electrons. The largest absolute Gasteiger partial charge is 0.333 e. The van der Waals surface area contributed by atoms with E-state index >= 15 is 0 Å². The first-order valence-electron chi connectivity index (χ1n) is 12.0. The number of hydrogen-bond donors (Lipinski definition) is 1. The normalized spacial score (nSPS) is 11.3. The van der Waals surface area contributed by atoms with Crippen molar-refractivity contribution < 1.29 is 4.79 Å². The van der Waals surface area contributed by atoms with Crippen LogP contribution in [0.1, 0.15) is 31.0 Å². The van der Waals surface area contributed by atoms with Crippen LogP contribution >= 0.6 is 0 Å². The van der Waals surface area contributed by atoms with Gasteiger partial charge in [-0.1, -0.05) is 60.7 Å². The number of carbonyl (C=O) groups excluding carboxylic acids is 1. The van der Waals surface area contributed by atoms with Crippen molar-refractivity contribution in [1.82, 2.24) is 28.5 Å². The van der Waals surface area contributed by atoms with Crippen LogP contribution in [0.5, 0.6) is 0 Å². The molecule has 0 spiro atoms. The predicted molar refractivity (Wildman–Crippen MR) is 141 cm³/mol. The Labute approximate surface area is 212 Å². The van der Waals surface area contributed by atoms with Gasteiger partial charge in [0.05, 0.1) is 19.1 Å². The Morgan fingerprint density at radius 1 is 0.892 bits per heavy atom. The fourth-order valence-electron chi connectivity index (χ4n) is 4.34. The number of nitrogens with zero attached hydrogens (tertiary/aromatic N) is 6. The van der Waals surface area contributed by atoms with Gasteiger partial charge in [0.25, 0.3) is 5.56 Å². The van der Waals surface area contributed by atoms with E-state index in [1.807, 2.05) is 74.5 Å². The second kappa shape index (κ2) is 10.1. The van der Waals surface area contributed by atoms with Gasteiger partial charge in [0, 0.05) is 18.7 Å². The number of anilines is 1. The molecule has 5 aromatic rings. The van der Waals surface area contributed by atoms with Crippen molar-refractivity contribution in [3.63, 3.8) is 0 Å². The number of nitrogens with one attached hydrogen (secondary N) is 1. The number of carbonyl (C=O) groups is 1. The Morgan fingerprint density at radius 3 is 2.19 bits per heavy atom. The Morgan fingerprint density at radius 2 is 1.54 bits per heavy atom. The summed E-state index contributed by atoms with van der Waals surface area (Å²) in [7, 11) is 0. The third-order valence-electron chi connectivity index (χ3n) is 6.09. The Balaban J connectivity index is 1.58. The van der Waals surface area contributed by atoms with Crippen LogP contribution in [-0.4, -0.2) is 34.4 Å². The molecular weight excluding hydrogens is 470 g/mol. The molecule has 0 bridgehead atoms. The highest BCUT2D eigenvalue weighted by molar-refractivity contribution is 5.89. The number of amides is 1. The van der Waals surface area contributed by atoms with Crippen molar-refractivity contribution in [3.8, 4) is 0 Å². The molecule has 0 fully saturated rings. The van der Waals surface area contributed by atoms with E-state index in [9.17, 15) is 14.4 Å². The van der Waals surface area contributed by atoms with Crippen molar-refractivity contribution in [2.24, 2.45) is 0 Å². The van der Waals surface area contributed by atoms with Gasteiger partial charge in [0.15, 0.2) is 11.2 Å². The van der Waals surface area contributed by atoms with Gasteiger partial charge in [-0.3, -0.25) is 14.2 Å². The average molecular weight is 498 g/mol. The summed E-state index contributed by atoms with van der Waals surface area (Å²) in [5.74, 6) is -0.00538. The molecule has 37 heavy (non-hydrogen) atoms. The quantitative estimate of drug-likeness (QED) is 0.355. The molecule has 3 aromatic heterocycles. The van der Waals surface area contributed by atoms with Crippen LogP contribution in [0.3, 0.4) is 0 Å². The minimum atomic E-state index is -0.598. The van der Waals surface area contributed by atoms with Crippen LogP contribution in [0.2, 0.25) is 0 Å². The summed E-state index contributed by atoms with van der Waals surface area (Å²) < 4.78 is 5.79. The van der Waals surface area contributed by atoms with Crippen LogP contribution in [0.15, 0.2) is 88.8 Å². The minimum Gasteiger partial charge on any atom is -0.320 e. The molecule has 0 radical (unpaired) electrons. The molecule has 10 nitrogen and oxygen atoms in total. The van der Waals surface area contributed by atoms with Gasteiger partial charge in [0.1, 0.15) is 12.4 Å². The van der Waals surface area contributed by atoms with Crippen LogP contribution in [0.25, 0.3) is 11.2 Å². The molecule has 1 N–H and O–H groups in total. The fourth-order valence-corrected chi connectivity index (χ4v) is 4.34. The SMILES string of the molecule is CC(C)n1nccc1NC(=O)Cn1c(=O)c2c(ncn2Cc2ccccc2)n(Cc2ccccc2)c1=O. The van der Waals surface area contributed by atoms with Crippen molar-refractivity contribution in [2.45, 2.75) is 39.5 Å². The number of aromatic nitrogens is 6. The molecule has 3 heterocycles. The lowest BCUT2D eigenvalue weighted by atomic mass is 10.2. The number of imidazole rings is 1.